The third kappa shape index (κ3) is 3.95. The molecular formula is C19H19N5O3. The lowest BCUT2D eigenvalue weighted by Gasteiger charge is -2.12. The Labute approximate surface area is 156 Å². The van der Waals surface area contributed by atoms with Crippen LogP contribution in [0.25, 0.3) is 0 Å². The molecule has 138 valence electrons. The molecule has 1 aromatic heterocycles. The Morgan fingerprint density at radius 3 is 2.37 bits per heavy atom. The first-order valence-electron chi connectivity index (χ1n) is 8.23. The Hall–Kier alpha value is -3.68. The molecule has 1 heterocycles. The van der Waals surface area contributed by atoms with Gasteiger partial charge in [0.05, 0.1) is 17.7 Å². The van der Waals surface area contributed by atoms with Gasteiger partial charge in [0.1, 0.15) is 12.1 Å². The lowest BCUT2D eigenvalue weighted by molar-refractivity contribution is -0.383. The topological polar surface area (TPSA) is 102 Å². The number of para-hydroxylation sites is 2. The normalized spacial score (nSPS) is 10.3. The van der Waals surface area contributed by atoms with Crippen molar-refractivity contribution in [1.82, 2.24) is 9.97 Å². The zero-order valence-electron chi connectivity index (χ0n) is 15.2. The molecule has 3 rings (SSSR count). The predicted octanol–water partition coefficient (Wildman–Crippen LogP) is 4.50. The second-order valence-electron chi connectivity index (χ2n) is 5.93. The summed E-state index contributed by atoms with van der Waals surface area (Å²) in [6, 6.07) is 12.8. The van der Waals surface area contributed by atoms with Gasteiger partial charge in [-0.15, -0.1) is 0 Å². The average molecular weight is 365 g/mol. The monoisotopic (exact) mass is 365 g/mol. The Morgan fingerprint density at radius 1 is 1.00 bits per heavy atom. The third-order valence-electron chi connectivity index (χ3n) is 4.13. The van der Waals surface area contributed by atoms with E-state index in [0.29, 0.717) is 17.1 Å². The van der Waals surface area contributed by atoms with Crippen LogP contribution in [0, 0.1) is 24.0 Å². The van der Waals surface area contributed by atoms with Gasteiger partial charge in [-0.1, -0.05) is 18.2 Å². The van der Waals surface area contributed by atoms with Crippen molar-refractivity contribution in [2.24, 2.45) is 0 Å². The summed E-state index contributed by atoms with van der Waals surface area (Å²) in [6.45, 7) is 3.98. The van der Waals surface area contributed by atoms with E-state index in [9.17, 15) is 10.1 Å². The Kier molecular flexibility index (Phi) is 5.16. The van der Waals surface area contributed by atoms with Crippen molar-refractivity contribution in [1.29, 1.82) is 0 Å². The second-order valence-corrected chi connectivity index (χ2v) is 5.93. The van der Waals surface area contributed by atoms with E-state index in [1.165, 1.54) is 13.4 Å². The summed E-state index contributed by atoms with van der Waals surface area (Å²) >= 11 is 0. The quantitative estimate of drug-likeness (QED) is 0.490. The highest BCUT2D eigenvalue weighted by Crippen LogP contribution is 2.35. The van der Waals surface area contributed by atoms with Gasteiger partial charge in [0.2, 0.25) is 11.6 Å². The molecular weight excluding hydrogens is 346 g/mol. The molecule has 0 fully saturated rings. The standard InChI is InChI=1S/C19H19N5O3/c1-12-8-9-14(10-13(12)2)22-18-17(24(25)26)19(21-11-20-18)23-15-6-4-5-7-16(15)27-3/h4-11H,1-3H3,(H2,20,21,22,23). The van der Waals surface area contributed by atoms with Gasteiger partial charge in [0, 0.05) is 5.69 Å². The summed E-state index contributed by atoms with van der Waals surface area (Å²) in [4.78, 5) is 19.3. The molecule has 0 amide bonds. The lowest BCUT2D eigenvalue weighted by atomic mass is 10.1. The SMILES string of the molecule is COc1ccccc1Nc1ncnc(Nc2ccc(C)c(C)c2)c1[N+](=O)[O-]. The Balaban J connectivity index is 1.99. The minimum atomic E-state index is -0.513. The number of aromatic nitrogens is 2. The number of hydrogen-bond donors (Lipinski definition) is 2. The summed E-state index contributed by atoms with van der Waals surface area (Å²) in [5.74, 6) is 0.732. The van der Waals surface area contributed by atoms with Crippen LogP contribution in [0.15, 0.2) is 48.8 Å². The van der Waals surface area contributed by atoms with E-state index in [-0.39, 0.29) is 17.3 Å². The van der Waals surface area contributed by atoms with Crippen LogP contribution >= 0.6 is 0 Å². The van der Waals surface area contributed by atoms with E-state index in [0.717, 1.165) is 11.1 Å². The summed E-state index contributed by atoms with van der Waals surface area (Å²) in [7, 11) is 1.53. The highest BCUT2D eigenvalue weighted by Gasteiger charge is 2.24. The number of nitrogens with one attached hydrogen (secondary N) is 2. The van der Waals surface area contributed by atoms with Crippen LogP contribution < -0.4 is 15.4 Å². The number of ether oxygens (including phenoxy) is 1. The van der Waals surface area contributed by atoms with Gasteiger partial charge < -0.3 is 15.4 Å². The maximum Gasteiger partial charge on any atom is 0.353 e. The van der Waals surface area contributed by atoms with Crippen molar-refractivity contribution in [3.05, 3.63) is 70.0 Å². The van der Waals surface area contributed by atoms with E-state index < -0.39 is 4.92 Å². The second kappa shape index (κ2) is 7.69. The lowest BCUT2D eigenvalue weighted by Crippen LogP contribution is -2.06. The first kappa shape index (κ1) is 18.1. The minimum absolute atomic E-state index is 0.0748. The van der Waals surface area contributed by atoms with Gasteiger partial charge in [0.25, 0.3) is 0 Å². The number of methoxy groups -OCH3 is 1. The highest BCUT2D eigenvalue weighted by atomic mass is 16.6. The Bertz CT molecular complexity index is 991. The molecule has 27 heavy (non-hydrogen) atoms. The number of benzene rings is 2. The number of aryl methyl sites for hydroxylation is 2. The summed E-state index contributed by atoms with van der Waals surface area (Å²) in [5, 5.41) is 17.7. The molecule has 0 aliphatic rings. The van der Waals surface area contributed by atoms with Crippen LogP contribution in [0.1, 0.15) is 11.1 Å². The van der Waals surface area contributed by atoms with Gasteiger partial charge in [-0.2, -0.15) is 0 Å². The van der Waals surface area contributed by atoms with Crippen LogP contribution in [-0.4, -0.2) is 22.0 Å². The zero-order valence-corrected chi connectivity index (χ0v) is 15.2. The number of hydrogen-bond acceptors (Lipinski definition) is 7. The molecule has 8 heteroatoms. The Morgan fingerprint density at radius 2 is 1.70 bits per heavy atom. The van der Waals surface area contributed by atoms with Crippen molar-refractivity contribution >= 4 is 28.7 Å². The first-order chi connectivity index (χ1) is 13.0. The fourth-order valence-corrected chi connectivity index (χ4v) is 2.57. The van der Waals surface area contributed by atoms with E-state index in [2.05, 4.69) is 20.6 Å². The number of rotatable bonds is 6. The molecule has 0 radical (unpaired) electrons. The maximum absolute atomic E-state index is 11.7. The molecule has 3 aromatic rings. The molecule has 0 aliphatic carbocycles. The maximum atomic E-state index is 11.7. The molecule has 0 atom stereocenters. The minimum Gasteiger partial charge on any atom is -0.495 e. The first-order valence-corrected chi connectivity index (χ1v) is 8.23. The van der Waals surface area contributed by atoms with E-state index in [4.69, 9.17) is 4.74 Å². The molecule has 2 N–H and O–H groups in total. The van der Waals surface area contributed by atoms with Crippen molar-refractivity contribution in [2.75, 3.05) is 17.7 Å². The molecule has 0 spiro atoms. The van der Waals surface area contributed by atoms with E-state index in [1.807, 2.05) is 38.1 Å². The molecule has 0 unspecified atom stereocenters. The van der Waals surface area contributed by atoms with Crippen LogP contribution in [0.4, 0.5) is 28.7 Å². The summed E-state index contributed by atoms with van der Waals surface area (Å²) in [5.41, 5.74) is 3.24. The summed E-state index contributed by atoms with van der Waals surface area (Å²) in [6.07, 6.45) is 1.27. The molecule has 2 aromatic carbocycles. The highest BCUT2D eigenvalue weighted by molar-refractivity contribution is 5.78. The van der Waals surface area contributed by atoms with Gasteiger partial charge in [-0.05, 0) is 49.2 Å². The summed E-state index contributed by atoms with van der Waals surface area (Å²) < 4.78 is 5.28. The van der Waals surface area contributed by atoms with Crippen LogP contribution in [0.3, 0.4) is 0 Å². The van der Waals surface area contributed by atoms with Crippen molar-refractivity contribution in [3.63, 3.8) is 0 Å². The molecule has 0 saturated heterocycles. The molecule has 0 bridgehead atoms. The van der Waals surface area contributed by atoms with Gasteiger partial charge in [-0.25, -0.2) is 9.97 Å². The molecule has 0 aliphatic heterocycles. The van der Waals surface area contributed by atoms with E-state index >= 15 is 0 Å². The van der Waals surface area contributed by atoms with Gasteiger partial charge >= 0.3 is 5.69 Å². The largest absolute Gasteiger partial charge is 0.495 e. The number of nitro groups is 1. The van der Waals surface area contributed by atoms with Crippen molar-refractivity contribution in [3.8, 4) is 5.75 Å². The number of anilines is 4. The van der Waals surface area contributed by atoms with E-state index in [1.54, 1.807) is 18.2 Å². The van der Waals surface area contributed by atoms with Crippen LogP contribution in [0.5, 0.6) is 5.75 Å². The van der Waals surface area contributed by atoms with Crippen molar-refractivity contribution < 1.29 is 9.66 Å². The van der Waals surface area contributed by atoms with Crippen LogP contribution in [-0.2, 0) is 0 Å². The fourth-order valence-electron chi connectivity index (χ4n) is 2.57. The van der Waals surface area contributed by atoms with Gasteiger partial charge in [-0.3, -0.25) is 10.1 Å². The molecule has 8 nitrogen and oxygen atoms in total. The van der Waals surface area contributed by atoms with Gasteiger partial charge in [0.15, 0.2) is 0 Å². The predicted molar refractivity (Wildman–Crippen MR) is 104 cm³/mol. The molecule has 0 saturated carbocycles. The number of nitrogens with zero attached hydrogens (tertiary/aromatic N) is 3. The fraction of sp³-hybridized carbons (Fsp3) is 0.158. The zero-order chi connectivity index (χ0) is 19.4. The smallest absolute Gasteiger partial charge is 0.353 e. The van der Waals surface area contributed by atoms with Crippen LogP contribution in [0.2, 0.25) is 0 Å². The third-order valence-corrected chi connectivity index (χ3v) is 4.13. The van der Waals surface area contributed by atoms with Crippen molar-refractivity contribution in [2.45, 2.75) is 13.8 Å². The average Bonchev–Trinajstić information content (AvgIpc) is 2.65.